The van der Waals surface area contributed by atoms with Crippen LogP contribution < -0.4 is 10.1 Å². The van der Waals surface area contributed by atoms with Crippen LogP contribution in [0.25, 0.3) is 0 Å². The second-order valence-corrected chi connectivity index (χ2v) is 7.88. The standard InChI is InChI=1S/C25H20F2N4OS/c26-20-13-11-18(12-14-20)16-32-24-28-15-22(27)23(30-24)31-25(29-21-9-5-2-6-10-21)33-17-19-7-3-1-4-8-19/h1-15H,16-17H2,(H,28,29,30,31). The van der Waals surface area contributed by atoms with Crippen molar-refractivity contribution in [2.75, 3.05) is 5.32 Å². The van der Waals surface area contributed by atoms with Gasteiger partial charge in [0.2, 0.25) is 0 Å². The molecule has 8 heteroatoms. The number of halogens is 2. The fourth-order valence-electron chi connectivity index (χ4n) is 2.78. The van der Waals surface area contributed by atoms with Gasteiger partial charge in [-0.05, 0) is 35.4 Å². The first-order chi connectivity index (χ1) is 16.2. The Kier molecular flexibility index (Phi) is 7.60. The molecule has 4 rings (SSSR count). The second kappa shape index (κ2) is 11.2. The van der Waals surface area contributed by atoms with Gasteiger partial charge in [-0.2, -0.15) is 4.98 Å². The summed E-state index contributed by atoms with van der Waals surface area (Å²) < 4.78 is 33.1. The number of para-hydroxylation sites is 1. The minimum Gasteiger partial charge on any atom is -0.459 e. The zero-order chi connectivity index (χ0) is 22.9. The lowest BCUT2D eigenvalue weighted by Crippen LogP contribution is -2.12. The van der Waals surface area contributed by atoms with Crippen LogP contribution in [0.4, 0.5) is 20.3 Å². The molecule has 0 fully saturated rings. The number of hydrogen-bond acceptors (Lipinski definition) is 5. The predicted molar refractivity (Wildman–Crippen MR) is 128 cm³/mol. The zero-order valence-corrected chi connectivity index (χ0v) is 18.3. The normalized spacial score (nSPS) is 11.3. The van der Waals surface area contributed by atoms with Crippen molar-refractivity contribution in [3.05, 3.63) is 114 Å². The minimum atomic E-state index is -0.634. The number of nitrogens with zero attached hydrogens (tertiary/aromatic N) is 3. The Bertz CT molecular complexity index is 1210. The van der Waals surface area contributed by atoms with E-state index in [2.05, 4.69) is 20.3 Å². The van der Waals surface area contributed by atoms with Gasteiger partial charge in [-0.25, -0.2) is 18.8 Å². The molecule has 0 aliphatic heterocycles. The molecular formula is C25H20F2N4OS. The van der Waals surface area contributed by atoms with Crippen molar-refractivity contribution in [2.24, 2.45) is 4.99 Å². The molecule has 0 saturated heterocycles. The number of thioether (sulfide) groups is 1. The molecule has 0 amide bonds. The third-order valence-corrected chi connectivity index (χ3v) is 5.38. The van der Waals surface area contributed by atoms with E-state index >= 15 is 0 Å². The summed E-state index contributed by atoms with van der Waals surface area (Å²) >= 11 is 1.43. The molecule has 0 spiro atoms. The number of ether oxygens (including phenoxy) is 1. The molecule has 1 aromatic heterocycles. The largest absolute Gasteiger partial charge is 0.459 e. The summed E-state index contributed by atoms with van der Waals surface area (Å²) in [6, 6.07) is 25.2. The van der Waals surface area contributed by atoms with Crippen LogP contribution in [-0.2, 0) is 12.4 Å². The van der Waals surface area contributed by atoms with E-state index in [1.807, 2.05) is 60.7 Å². The highest BCUT2D eigenvalue weighted by Crippen LogP contribution is 2.22. The smallest absolute Gasteiger partial charge is 0.318 e. The van der Waals surface area contributed by atoms with Gasteiger partial charge in [-0.3, -0.25) is 0 Å². The molecular weight excluding hydrogens is 442 g/mol. The van der Waals surface area contributed by atoms with E-state index in [0.29, 0.717) is 10.9 Å². The third-order valence-electron chi connectivity index (χ3n) is 4.43. The quantitative estimate of drug-likeness (QED) is 0.256. The molecule has 33 heavy (non-hydrogen) atoms. The van der Waals surface area contributed by atoms with E-state index in [-0.39, 0.29) is 24.3 Å². The van der Waals surface area contributed by atoms with Crippen LogP contribution in [0.15, 0.2) is 96.1 Å². The van der Waals surface area contributed by atoms with Crippen molar-refractivity contribution in [1.82, 2.24) is 9.97 Å². The summed E-state index contributed by atoms with van der Waals surface area (Å²) in [7, 11) is 0. The lowest BCUT2D eigenvalue weighted by molar-refractivity contribution is 0.280. The summed E-state index contributed by atoms with van der Waals surface area (Å²) in [5.41, 5.74) is 2.57. The Balaban J connectivity index is 1.51. The Labute approximate surface area is 194 Å². The van der Waals surface area contributed by atoms with Gasteiger partial charge in [0, 0.05) is 5.75 Å². The van der Waals surface area contributed by atoms with Gasteiger partial charge >= 0.3 is 6.01 Å². The fourth-order valence-corrected chi connectivity index (χ4v) is 3.61. The maximum Gasteiger partial charge on any atom is 0.318 e. The molecule has 0 bridgehead atoms. The van der Waals surface area contributed by atoms with Crippen molar-refractivity contribution in [1.29, 1.82) is 0 Å². The molecule has 166 valence electrons. The molecule has 0 saturated carbocycles. The highest BCUT2D eigenvalue weighted by Gasteiger charge is 2.12. The van der Waals surface area contributed by atoms with Crippen molar-refractivity contribution < 1.29 is 13.5 Å². The number of anilines is 1. The summed E-state index contributed by atoms with van der Waals surface area (Å²) in [4.78, 5) is 12.6. The summed E-state index contributed by atoms with van der Waals surface area (Å²) in [6.07, 6.45) is 1.04. The highest BCUT2D eigenvalue weighted by molar-refractivity contribution is 8.13. The van der Waals surface area contributed by atoms with Gasteiger partial charge in [0.15, 0.2) is 16.8 Å². The third kappa shape index (κ3) is 6.85. The van der Waals surface area contributed by atoms with Crippen LogP contribution >= 0.6 is 11.8 Å². The van der Waals surface area contributed by atoms with Crippen molar-refractivity contribution >= 4 is 28.4 Å². The highest BCUT2D eigenvalue weighted by atomic mass is 32.2. The fraction of sp³-hybridized carbons (Fsp3) is 0.0800. The van der Waals surface area contributed by atoms with E-state index in [1.165, 1.54) is 23.9 Å². The zero-order valence-electron chi connectivity index (χ0n) is 17.5. The average Bonchev–Trinajstić information content (AvgIpc) is 2.85. The Morgan fingerprint density at radius 1 is 0.879 bits per heavy atom. The topological polar surface area (TPSA) is 59.4 Å². The van der Waals surface area contributed by atoms with Crippen LogP contribution in [0.1, 0.15) is 11.1 Å². The molecule has 0 radical (unpaired) electrons. The van der Waals surface area contributed by atoms with E-state index in [4.69, 9.17) is 4.74 Å². The number of aliphatic imine (C=N–C) groups is 1. The molecule has 0 aliphatic rings. The predicted octanol–water partition coefficient (Wildman–Crippen LogP) is 6.37. The van der Waals surface area contributed by atoms with E-state index < -0.39 is 5.82 Å². The lowest BCUT2D eigenvalue weighted by atomic mass is 10.2. The Hall–Kier alpha value is -3.78. The van der Waals surface area contributed by atoms with Gasteiger partial charge in [-0.1, -0.05) is 72.4 Å². The molecule has 0 aliphatic carbocycles. The Morgan fingerprint density at radius 2 is 1.58 bits per heavy atom. The van der Waals surface area contributed by atoms with Gasteiger partial charge in [0.05, 0.1) is 11.9 Å². The van der Waals surface area contributed by atoms with Crippen molar-refractivity contribution in [2.45, 2.75) is 12.4 Å². The lowest BCUT2D eigenvalue weighted by Gasteiger charge is -2.11. The molecule has 4 aromatic rings. The summed E-state index contributed by atoms with van der Waals surface area (Å²) in [5, 5.41) is 3.45. The van der Waals surface area contributed by atoms with E-state index in [9.17, 15) is 8.78 Å². The van der Waals surface area contributed by atoms with Gasteiger partial charge < -0.3 is 10.1 Å². The number of benzene rings is 3. The average molecular weight is 463 g/mol. The molecule has 1 heterocycles. The molecule has 5 nitrogen and oxygen atoms in total. The number of aromatic nitrogens is 2. The van der Waals surface area contributed by atoms with Crippen LogP contribution in [0, 0.1) is 11.6 Å². The van der Waals surface area contributed by atoms with Crippen LogP contribution in [0.5, 0.6) is 6.01 Å². The maximum absolute atomic E-state index is 14.5. The van der Waals surface area contributed by atoms with Gasteiger partial charge in [0.1, 0.15) is 12.4 Å². The molecule has 0 unspecified atom stereocenters. The van der Waals surface area contributed by atoms with Crippen LogP contribution in [0.3, 0.4) is 0 Å². The van der Waals surface area contributed by atoms with Crippen molar-refractivity contribution in [3.8, 4) is 6.01 Å². The maximum atomic E-state index is 14.5. The van der Waals surface area contributed by atoms with E-state index in [1.54, 1.807) is 12.1 Å². The van der Waals surface area contributed by atoms with E-state index in [0.717, 1.165) is 23.0 Å². The number of rotatable bonds is 7. The monoisotopic (exact) mass is 462 g/mol. The molecule has 0 atom stereocenters. The summed E-state index contributed by atoms with van der Waals surface area (Å²) in [6.45, 7) is 0.124. The number of nitrogens with one attached hydrogen (secondary N) is 1. The first-order valence-electron chi connectivity index (χ1n) is 10.1. The SMILES string of the molecule is Fc1ccc(COc2ncc(F)c(N/C(=N\c3ccccc3)SCc3ccccc3)n2)cc1. The number of hydrogen-bond donors (Lipinski definition) is 1. The second-order valence-electron chi connectivity index (χ2n) is 6.92. The first-order valence-corrected chi connectivity index (χ1v) is 11.1. The van der Waals surface area contributed by atoms with Gasteiger partial charge in [0.25, 0.3) is 0 Å². The first kappa shape index (κ1) is 22.4. The van der Waals surface area contributed by atoms with Crippen LogP contribution in [0.2, 0.25) is 0 Å². The van der Waals surface area contributed by atoms with Gasteiger partial charge in [-0.15, -0.1) is 0 Å². The van der Waals surface area contributed by atoms with Crippen molar-refractivity contribution in [3.63, 3.8) is 0 Å². The Morgan fingerprint density at radius 3 is 2.30 bits per heavy atom. The number of amidine groups is 1. The van der Waals surface area contributed by atoms with Crippen LogP contribution in [-0.4, -0.2) is 15.1 Å². The molecule has 3 aromatic carbocycles. The summed E-state index contributed by atoms with van der Waals surface area (Å²) in [5.74, 6) is -0.374. The minimum absolute atomic E-state index is 0.00431. The molecule has 1 N–H and O–H groups in total.